The van der Waals surface area contributed by atoms with Gasteiger partial charge in [-0.05, 0) is 87.2 Å². The molecule has 2 heterocycles. The van der Waals surface area contributed by atoms with E-state index in [1.807, 2.05) is 27.7 Å². The van der Waals surface area contributed by atoms with Gasteiger partial charge in [-0.1, -0.05) is 53.4 Å². The van der Waals surface area contributed by atoms with Gasteiger partial charge >= 0.3 is 0 Å². The number of nitrogens with one attached hydrogen (secondary N) is 5. The second-order valence-electron chi connectivity index (χ2n) is 16.3. The minimum Gasteiger partial charge on any atom is -0.348 e. The number of likely N-dealkylation sites (tertiary alicyclic amines) is 1. The molecule has 4 fully saturated rings. The molecule has 0 unspecified atom stereocenters. The summed E-state index contributed by atoms with van der Waals surface area (Å²) in [7, 11) is 0. The van der Waals surface area contributed by atoms with Crippen molar-refractivity contribution in [1.29, 1.82) is 0 Å². The first-order chi connectivity index (χ1) is 24.1. The van der Waals surface area contributed by atoms with Crippen LogP contribution >= 0.6 is 0 Å². The van der Waals surface area contributed by atoms with E-state index in [4.69, 9.17) is 0 Å². The second-order valence-corrected chi connectivity index (χ2v) is 16.3. The maximum Gasteiger partial charge on any atom is 0.289 e. The van der Waals surface area contributed by atoms with Crippen molar-refractivity contribution in [3.05, 3.63) is 23.0 Å². The normalized spacial score (nSPS) is 23.6. The minimum absolute atomic E-state index is 0.00550. The van der Waals surface area contributed by atoms with Gasteiger partial charge in [0.15, 0.2) is 5.78 Å². The number of piperidine rings is 1. The van der Waals surface area contributed by atoms with Gasteiger partial charge in [0.1, 0.15) is 23.8 Å². The number of fused-ring (bicyclic) bond motifs is 2. The highest BCUT2D eigenvalue weighted by molar-refractivity contribution is 6.38. The summed E-state index contributed by atoms with van der Waals surface area (Å²) in [4.78, 5) is 98.6. The van der Waals surface area contributed by atoms with E-state index in [2.05, 4.69) is 26.3 Å². The number of carbonyl (C=O) groups is 7. The Morgan fingerprint density at radius 2 is 1.61 bits per heavy atom. The molecule has 0 radical (unpaired) electrons. The predicted molar refractivity (Wildman–Crippen MR) is 190 cm³/mol. The minimum atomic E-state index is -1.02. The van der Waals surface area contributed by atoms with Crippen molar-refractivity contribution in [2.45, 2.75) is 155 Å². The number of hydrogen-bond donors (Lipinski definition) is 5. The summed E-state index contributed by atoms with van der Waals surface area (Å²) >= 11 is 0. The molecule has 280 valence electrons. The summed E-state index contributed by atoms with van der Waals surface area (Å²) < 4.78 is 0. The molecule has 6 atom stereocenters. The van der Waals surface area contributed by atoms with Gasteiger partial charge in [0, 0.05) is 19.0 Å². The molecule has 5 amide bonds. The van der Waals surface area contributed by atoms with Crippen molar-refractivity contribution < 1.29 is 33.6 Å². The smallest absolute Gasteiger partial charge is 0.289 e. The van der Waals surface area contributed by atoms with E-state index in [1.165, 1.54) is 6.92 Å². The van der Waals surface area contributed by atoms with Crippen molar-refractivity contribution >= 4 is 41.1 Å². The first kappa shape index (κ1) is 38.2. The van der Waals surface area contributed by atoms with Gasteiger partial charge in [-0.15, -0.1) is 0 Å². The zero-order valence-electron chi connectivity index (χ0n) is 31.0. The number of aromatic amines is 1. The molecular weight excluding hydrogens is 652 g/mol. The number of rotatable bonds is 14. The Bertz CT molecular complexity index is 1530. The third-order valence-electron chi connectivity index (χ3n) is 11.2. The van der Waals surface area contributed by atoms with Crippen molar-refractivity contribution in [3.63, 3.8) is 0 Å². The lowest BCUT2D eigenvalue weighted by Crippen LogP contribution is -2.64. The highest BCUT2D eigenvalue weighted by atomic mass is 16.2. The quantitative estimate of drug-likeness (QED) is 0.145. The average Bonchev–Trinajstić information content (AvgIpc) is 3.45. The molecule has 13 nitrogen and oxygen atoms in total. The van der Waals surface area contributed by atoms with Crippen LogP contribution in [-0.4, -0.2) is 87.2 Å². The maximum atomic E-state index is 14.6. The third kappa shape index (κ3) is 8.72. The number of aryl methyl sites for hydroxylation is 1. The second kappa shape index (κ2) is 15.7. The molecule has 4 aliphatic rings. The molecule has 13 heteroatoms. The predicted octanol–water partition coefficient (Wildman–Crippen LogP) is 3.25. The van der Waals surface area contributed by atoms with Crippen molar-refractivity contribution in [1.82, 2.24) is 31.2 Å². The van der Waals surface area contributed by atoms with E-state index in [1.54, 1.807) is 17.9 Å². The molecule has 51 heavy (non-hydrogen) atoms. The van der Waals surface area contributed by atoms with Crippen molar-refractivity contribution in [2.75, 3.05) is 0 Å². The van der Waals surface area contributed by atoms with E-state index in [9.17, 15) is 33.6 Å². The number of ketones is 2. The molecule has 5 N–H and O–H groups in total. The lowest BCUT2D eigenvalue weighted by Gasteiger charge is -2.41. The highest BCUT2D eigenvalue weighted by Crippen LogP contribution is 2.44. The van der Waals surface area contributed by atoms with Gasteiger partial charge in [-0.2, -0.15) is 0 Å². The van der Waals surface area contributed by atoms with Crippen LogP contribution in [0.1, 0.15) is 138 Å². The summed E-state index contributed by atoms with van der Waals surface area (Å²) in [5, 5.41) is 11.5. The van der Waals surface area contributed by atoms with Gasteiger partial charge in [0.25, 0.3) is 11.8 Å². The summed E-state index contributed by atoms with van der Waals surface area (Å²) in [5.74, 6) is -3.65. The van der Waals surface area contributed by atoms with Gasteiger partial charge in [-0.25, -0.2) is 0 Å². The monoisotopic (exact) mass is 708 g/mol. The number of aromatic nitrogens is 1. The lowest BCUT2D eigenvalue weighted by molar-refractivity contribution is -0.149. The zero-order valence-corrected chi connectivity index (χ0v) is 31.0. The fourth-order valence-corrected chi connectivity index (χ4v) is 8.26. The highest BCUT2D eigenvalue weighted by Gasteiger charge is 2.54. The van der Waals surface area contributed by atoms with Crippen LogP contribution in [0, 0.1) is 24.2 Å². The molecule has 2 bridgehead atoms. The van der Waals surface area contributed by atoms with E-state index >= 15 is 0 Å². The first-order valence-electron chi connectivity index (χ1n) is 18.9. The van der Waals surface area contributed by atoms with Crippen LogP contribution in [0.3, 0.4) is 0 Å². The van der Waals surface area contributed by atoms with Crippen LogP contribution in [0.5, 0.6) is 0 Å². The Morgan fingerprint density at radius 1 is 0.922 bits per heavy atom. The third-order valence-corrected chi connectivity index (χ3v) is 11.2. The lowest BCUT2D eigenvalue weighted by atomic mass is 9.81. The average molecular weight is 709 g/mol. The molecule has 0 spiro atoms. The molecule has 1 aliphatic heterocycles. The van der Waals surface area contributed by atoms with Crippen LogP contribution in [0.4, 0.5) is 0 Å². The first-order valence-corrected chi connectivity index (χ1v) is 18.9. The molecule has 3 saturated carbocycles. The van der Waals surface area contributed by atoms with E-state index in [0.29, 0.717) is 30.5 Å². The van der Waals surface area contributed by atoms with Gasteiger partial charge in [-0.3, -0.25) is 33.6 Å². The van der Waals surface area contributed by atoms with Crippen molar-refractivity contribution in [3.8, 4) is 0 Å². The molecule has 1 aromatic rings. The summed E-state index contributed by atoms with van der Waals surface area (Å²) in [6.45, 7) is 10.6. The summed E-state index contributed by atoms with van der Waals surface area (Å²) in [6.07, 6.45) is 9.01. The molecule has 1 aromatic heterocycles. The van der Waals surface area contributed by atoms with E-state index in [0.717, 1.165) is 57.8 Å². The number of nitrogens with zero attached hydrogens (tertiary/aromatic N) is 1. The Kier molecular flexibility index (Phi) is 11.8. The van der Waals surface area contributed by atoms with Gasteiger partial charge in [0.05, 0.1) is 11.7 Å². The largest absolute Gasteiger partial charge is 0.348 e. The standard InChI is InChI=1S/C38H56N6O7/c1-7-11-26(31(46)36(50)39-24-15-16-24)41-35(49)30-23-14-17-25(19-23)44(30)37(51)32(38(4,5)6)43-34(48)29(22-12-9-8-10-13-22)42-33(47)27-18-20(2)28(40-27)21(3)45/h18,22-26,29-30,32,40H,7-17,19H2,1-6H3,(H,39,50)(H,41,49)(H,42,47)(H,43,48)/t23-,25+,26+,29+,30+,32-/m1/s1. The fraction of sp³-hybridized carbons (Fsp3) is 0.711. The maximum absolute atomic E-state index is 14.6. The number of H-pyrrole nitrogens is 1. The molecular formula is C38H56N6O7. The van der Waals surface area contributed by atoms with Gasteiger partial charge < -0.3 is 31.2 Å². The van der Waals surface area contributed by atoms with Gasteiger partial charge in [0.2, 0.25) is 23.5 Å². The Labute approximate surface area is 300 Å². The SMILES string of the molecule is CCC[C@H](NC(=O)[C@@H]1[C@@H]2CC[C@@H](C2)N1C(=O)[C@@H](NC(=O)[C@@H](NC(=O)c1cc(C)c(C(C)=O)[nH]1)C1CCCCC1)C(C)(C)C)C(=O)C(=O)NC1CC1. The number of carbonyl (C=O) groups excluding carboxylic acids is 7. The number of hydrogen-bond acceptors (Lipinski definition) is 7. The fourth-order valence-electron chi connectivity index (χ4n) is 8.26. The summed E-state index contributed by atoms with van der Waals surface area (Å²) in [6, 6.07) is -2.37. The molecule has 0 aromatic carbocycles. The Balaban J connectivity index is 1.35. The molecule has 5 rings (SSSR count). The van der Waals surface area contributed by atoms with E-state index < -0.39 is 59.0 Å². The molecule has 1 saturated heterocycles. The van der Waals surface area contributed by atoms with Crippen molar-refractivity contribution in [2.24, 2.45) is 17.3 Å². The molecule has 3 aliphatic carbocycles. The summed E-state index contributed by atoms with van der Waals surface area (Å²) in [5.41, 5.74) is 0.394. The number of amides is 5. The van der Waals surface area contributed by atoms with E-state index in [-0.39, 0.29) is 41.3 Å². The Hall–Kier alpha value is -4.03. The van der Waals surface area contributed by atoms with Crippen LogP contribution < -0.4 is 21.3 Å². The zero-order chi connectivity index (χ0) is 37.2. The Morgan fingerprint density at radius 3 is 2.20 bits per heavy atom. The van der Waals surface area contributed by atoms with Crippen LogP contribution in [0.15, 0.2) is 6.07 Å². The van der Waals surface area contributed by atoms with Crippen LogP contribution in [0.25, 0.3) is 0 Å². The van der Waals surface area contributed by atoms with Crippen LogP contribution in [0.2, 0.25) is 0 Å². The topological polar surface area (TPSA) is 187 Å². The van der Waals surface area contributed by atoms with Crippen LogP contribution in [-0.2, 0) is 24.0 Å². The number of Topliss-reactive ketones (excluding diaryl/α,β-unsaturated/α-hetero) is 2.